The second-order valence-corrected chi connectivity index (χ2v) is 7.31. The predicted octanol–water partition coefficient (Wildman–Crippen LogP) is 3.26. The molecule has 0 spiro atoms. The molecular formula is C18H34O6. The number of hydrogen-bond acceptors (Lipinski definition) is 6. The largest absolute Gasteiger partial charge is 0.461 e. The molecule has 142 valence electrons. The van der Waals surface area contributed by atoms with Gasteiger partial charge < -0.3 is 18.9 Å². The van der Waals surface area contributed by atoms with Crippen molar-refractivity contribution in [3.05, 3.63) is 0 Å². The van der Waals surface area contributed by atoms with Crippen LogP contribution < -0.4 is 0 Å². The van der Waals surface area contributed by atoms with Crippen molar-refractivity contribution in [2.24, 2.45) is 0 Å². The van der Waals surface area contributed by atoms with Gasteiger partial charge in [-0.1, -0.05) is 0 Å². The van der Waals surface area contributed by atoms with Crippen LogP contribution in [0.2, 0.25) is 0 Å². The van der Waals surface area contributed by atoms with Gasteiger partial charge >= 0.3 is 11.9 Å². The normalized spacial score (nSPS) is 17.1. The highest BCUT2D eigenvalue weighted by atomic mass is 16.6. The van der Waals surface area contributed by atoms with Gasteiger partial charge in [0.25, 0.3) is 0 Å². The molecule has 2 atom stereocenters. The van der Waals surface area contributed by atoms with Crippen LogP contribution >= 0.6 is 0 Å². The van der Waals surface area contributed by atoms with E-state index < -0.39 is 23.1 Å². The molecule has 0 amide bonds. The summed E-state index contributed by atoms with van der Waals surface area (Å²) in [5, 5.41) is 0. The van der Waals surface area contributed by atoms with Crippen LogP contribution in [0, 0.1) is 0 Å². The molecule has 0 aliphatic heterocycles. The van der Waals surface area contributed by atoms with Gasteiger partial charge in [0.2, 0.25) is 11.2 Å². The van der Waals surface area contributed by atoms with E-state index in [1.54, 1.807) is 55.4 Å². The van der Waals surface area contributed by atoms with Crippen LogP contribution in [-0.4, -0.2) is 47.6 Å². The summed E-state index contributed by atoms with van der Waals surface area (Å²) < 4.78 is 22.4. The lowest BCUT2D eigenvalue weighted by Crippen LogP contribution is -2.65. The molecule has 0 rings (SSSR count). The Bertz CT molecular complexity index is 389. The number of carbonyl (C=O) groups is 2. The van der Waals surface area contributed by atoms with Crippen molar-refractivity contribution in [1.29, 1.82) is 0 Å². The molecule has 0 aliphatic carbocycles. The summed E-state index contributed by atoms with van der Waals surface area (Å²) in [5.41, 5.74) is -3.30. The molecule has 0 heterocycles. The number of rotatable bonds is 9. The fourth-order valence-corrected chi connectivity index (χ4v) is 2.31. The lowest BCUT2D eigenvalue weighted by molar-refractivity contribution is -0.244. The van der Waals surface area contributed by atoms with Crippen LogP contribution in [-0.2, 0) is 28.5 Å². The zero-order valence-electron chi connectivity index (χ0n) is 16.8. The maximum absolute atomic E-state index is 12.8. The van der Waals surface area contributed by atoms with Crippen LogP contribution in [0.25, 0.3) is 0 Å². The van der Waals surface area contributed by atoms with Gasteiger partial charge in [0.1, 0.15) is 0 Å². The third-order valence-electron chi connectivity index (χ3n) is 3.32. The Labute approximate surface area is 146 Å². The van der Waals surface area contributed by atoms with Gasteiger partial charge in [0, 0.05) is 0 Å². The number of ether oxygens (including phenoxy) is 4. The Kier molecular flexibility index (Phi) is 8.39. The van der Waals surface area contributed by atoms with E-state index in [0.29, 0.717) is 0 Å². The van der Waals surface area contributed by atoms with Crippen molar-refractivity contribution in [1.82, 2.24) is 0 Å². The second-order valence-electron chi connectivity index (χ2n) is 7.31. The summed E-state index contributed by atoms with van der Waals surface area (Å²) in [6.07, 6.45) is -1.35. The van der Waals surface area contributed by atoms with Crippen molar-refractivity contribution in [3.63, 3.8) is 0 Å². The van der Waals surface area contributed by atoms with Crippen LogP contribution in [0.4, 0.5) is 0 Å². The SMILES string of the molecule is CC(C)OC(=O)C(C)(OC(C)C)C(C)(OC(C)C)C(=O)OC(C)C. The lowest BCUT2D eigenvalue weighted by Gasteiger charge is -2.44. The molecule has 6 nitrogen and oxygen atoms in total. The molecular weight excluding hydrogens is 312 g/mol. The third kappa shape index (κ3) is 5.74. The molecule has 0 aliphatic rings. The first kappa shape index (κ1) is 22.9. The first-order valence-corrected chi connectivity index (χ1v) is 8.54. The van der Waals surface area contributed by atoms with E-state index in [2.05, 4.69) is 0 Å². The van der Waals surface area contributed by atoms with Crippen molar-refractivity contribution in [2.75, 3.05) is 0 Å². The van der Waals surface area contributed by atoms with E-state index in [-0.39, 0.29) is 24.4 Å². The predicted molar refractivity (Wildman–Crippen MR) is 91.7 cm³/mol. The molecule has 0 N–H and O–H groups in total. The van der Waals surface area contributed by atoms with E-state index in [1.807, 2.05) is 0 Å². The van der Waals surface area contributed by atoms with Crippen molar-refractivity contribution in [3.8, 4) is 0 Å². The fourth-order valence-electron chi connectivity index (χ4n) is 2.31. The van der Waals surface area contributed by atoms with E-state index >= 15 is 0 Å². The molecule has 2 unspecified atom stereocenters. The molecule has 0 aromatic heterocycles. The van der Waals surface area contributed by atoms with Crippen LogP contribution in [0.3, 0.4) is 0 Å². The highest BCUT2D eigenvalue weighted by Crippen LogP contribution is 2.35. The Hall–Kier alpha value is -1.14. The molecule has 0 saturated heterocycles. The summed E-state index contributed by atoms with van der Waals surface area (Å²) in [6, 6.07) is 0. The Morgan fingerprint density at radius 3 is 1.00 bits per heavy atom. The number of carbonyl (C=O) groups excluding carboxylic acids is 2. The van der Waals surface area contributed by atoms with E-state index in [1.165, 1.54) is 13.8 Å². The molecule has 0 radical (unpaired) electrons. The second kappa shape index (κ2) is 8.81. The van der Waals surface area contributed by atoms with E-state index in [9.17, 15) is 9.59 Å². The van der Waals surface area contributed by atoms with Gasteiger partial charge in [-0.15, -0.1) is 0 Å². The summed E-state index contributed by atoms with van der Waals surface area (Å²) >= 11 is 0. The van der Waals surface area contributed by atoms with Gasteiger partial charge in [-0.2, -0.15) is 0 Å². The standard InChI is InChI=1S/C18H34O6/c1-11(2)21-15(19)17(9,23-13(5)6)18(10,24-14(7)8)16(20)22-12(3)4/h11-14H,1-10H3. The monoisotopic (exact) mass is 346 g/mol. The van der Waals surface area contributed by atoms with Crippen LogP contribution in [0.1, 0.15) is 69.2 Å². The van der Waals surface area contributed by atoms with E-state index in [0.717, 1.165) is 0 Å². The van der Waals surface area contributed by atoms with E-state index in [4.69, 9.17) is 18.9 Å². The summed E-state index contributed by atoms with van der Waals surface area (Å²) in [7, 11) is 0. The third-order valence-corrected chi connectivity index (χ3v) is 3.32. The minimum atomic E-state index is -1.65. The van der Waals surface area contributed by atoms with Crippen molar-refractivity contribution >= 4 is 11.9 Å². The average molecular weight is 346 g/mol. The topological polar surface area (TPSA) is 71.1 Å². The van der Waals surface area contributed by atoms with Crippen molar-refractivity contribution in [2.45, 2.75) is 105 Å². The first-order chi connectivity index (χ1) is 10.8. The fraction of sp³-hybridized carbons (Fsp3) is 0.889. The highest BCUT2D eigenvalue weighted by Gasteiger charge is 2.61. The van der Waals surface area contributed by atoms with Gasteiger partial charge in [0.15, 0.2) is 0 Å². The molecule has 0 aromatic rings. The Balaban J connectivity index is 6.06. The quantitative estimate of drug-likeness (QED) is 0.597. The number of esters is 2. The lowest BCUT2D eigenvalue weighted by atomic mass is 9.84. The smallest absolute Gasteiger partial charge is 0.342 e. The summed E-state index contributed by atoms with van der Waals surface area (Å²) in [4.78, 5) is 25.6. The molecule has 0 bridgehead atoms. The highest BCUT2D eigenvalue weighted by molar-refractivity contribution is 5.92. The molecule has 6 heteroatoms. The average Bonchev–Trinajstić information content (AvgIpc) is 2.34. The summed E-state index contributed by atoms with van der Waals surface area (Å²) in [5.74, 6) is -1.31. The maximum Gasteiger partial charge on any atom is 0.342 e. The zero-order valence-corrected chi connectivity index (χ0v) is 16.8. The van der Waals surface area contributed by atoms with Crippen molar-refractivity contribution < 1.29 is 28.5 Å². The van der Waals surface area contributed by atoms with Gasteiger partial charge in [-0.3, -0.25) is 0 Å². The van der Waals surface area contributed by atoms with Crippen LogP contribution in [0.15, 0.2) is 0 Å². The molecule has 0 saturated carbocycles. The zero-order chi connectivity index (χ0) is 19.3. The molecule has 0 fully saturated rings. The van der Waals surface area contributed by atoms with Gasteiger partial charge in [-0.05, 0) is 69.2 Å². The maximum atomic E-state index is 12.8. The Morgan fingerprint density at radius 2 is 0.833 bits per heavy atom. The first-order valence-electron chi connectivity index (χ1n) is 8.54. The van der Waals surface area contributed by atoms with Gasteiger partial charge in [0.05, 0.1) is 24.4 Å². The molecule has 0 aromatic carbocycles. The van der Waals surface area contributed by atoms with Gasteiger partial charge in [-0.25, -0.2) is 9.59 Å². The minimum Gasteiger partial charge on any atom is -0.461 e. The Morgan fingerprint density at radius 1 is 0.583 bits per heavy atom. The molecule has 24 heavy (non-hydrogen) atoms. The van der Waals surface area contributed by atoms with Crippen LogP contribution in [0.5, 0.6) is 0 Å². The summed E-state index contributed by atoms with van der Waals surface area (Å²) in [6.45, 7) is 17.1. The number of hydrogen-bond donors (Lipinski definition) is 0. The minimum absolute atomic E-state index is 0.323.